The molecule has 0 unspecified atom stereocenters. The highest BCUT2D eigenvalue weighted by atomic mass is 16.5. The van der Waals surface area contributed by atoms with Crippen molar-refractivity contribution in [3.05, 3.63) is 0 Å². The highest BCUT2D eigenvalue weighted by Crippen LogP contribution is 2.15. The van der Waals surface area contributed by atoms with Crippen molar-refractivity contribution < 1.29 is 19.1 Å². The summed E-state index contributed by atoms with van der Waals surface area (Å²) in [6, 6.07) is 0. The number of esters is 2. The molecule has 0 aromatic rings. The Morgan fingerprint density at radius 1 is 0.696 bits per heavy atom. The molecule has 2 atom stereocenters. The van der Waals surface area contributed by atoms with Crippen LogP contribution in [-0.4, -0.2) is 25.2 Å². The van der Waals surface area contributed by atoms with Crippen molar-refractivity contribution in [2.45, 2.75) is 85.5 Å². The Bertz CT molecular complexity index is 284. The summed E-state index contributed by atoms with van der Waals surface area (Å²) < 4.78 is 10.6. The number of hydrogen-bond acceptors (Lipinski definition) is 4. The van der Waals surface area contributed by atoms with Crippen LogP contribution in [0.3, 0.4) is 0 Å². The van der Waals surface area contributed by atoms with Gasteiger partial charge in [0, 0.05) is 6.42 Å². The molecule has 0 aliphatic rings. The number of carbonyl (C=O) groups is 2. The van der Waals surface area contributed by atoms with E-state index in [2.05, 4.69) is 13.8 Å². The largest absolute Gasteiger partial charge is 0.465 e. The van der Waals surface area contributed by atoms with Crippen molar-refractivity contribution in [3.63, 3.8) is 0 Å². The van der Waals surface area contributed by atoms with Crippen molar-refractivity contribution in [2.24, 2.45) is 11.8 Å². The average molecular weight is 328 g/mol. The van der Waals surface area contributed by atoms with Crippen LogP contribution in [0.4, 0.5) is 0 Å². The van der Waals surface area contributed by atoms with Gasteiger partial charge in [-0.25, -0.2) is 0 Å². The van der Waals surface area contributed by atoms with Crippen molar-refractivity contribution in [1.82, 2.24) is 0 Å². The number of unbranched alkanes of at least 4 members (excludes halogenated alkanes) is 2. The highest BCUT2D eigenvalue weighted by Gasteiger charge is 2.18. The first kappa shape index (κ1) is 21.9. The Balaban J connectivity index is 3.85. The summed E-state index contributed by atoms with van der Waals surface area (Å²) >= 11 is 0. The van der Waals surface area contributed by atoms with Gasteiger partial charge in [-0.2, -0.15) is 0 Å². The number of hydrogen-bond donors (Lipinski definition) is 0. The van der Waals surface area contributed by atoms with Gasteiger partial charge in [-0.1, -0.05) is 53.4 Å². The molecule has 0 aromatic carbocycles. The first-order valence-electron chi connectivity index (χ1n) is 9.43. The van der Waals surface area contributed by atoms with Crippen LogP contribution in [0.2, 0.25) is 0 Å². The van der Waals surface area contributed by atoms with E-state index in [0.717, 1.165) is 51.4 Å². The lowest BCUT2D eigenvalue weighted by Crippen LogP contribution is -2.20. The van der Waals surface area contributed by atoms with E-state index >= 15 is 0 Å². The van der Waals surface area contributed by atoms with Gasteiger partial charge < -0.3 is 9.47 Å². The molecule has 0 aliphatic carbocycles. The van der Waals surface area contributed by atoms with Gasteiger partial charge in [0.15, 0.2) is 0 Å². The maximum atomic E-state index is 11.9. The van der Waals surface area contributed by atoms with E-state index in [-0.39, 0.29) is 23.8 Å². The lowest BCUT2D eigenvalue weighted by atomic mass is 10.00. The van der Waals surface area contributed by atoms with E-state index in [1.165, 1.54) is 0 Å². The maximum Gasteiger partial charge on any atom is 0.308 e. The fourth-order valence-electron chi connectivity index (χ4n) is 2.52. The molecule has 23 heavy (non-hydrogen) atoms. The van der Waals surface area contributed by atoms with Crippen molar-refractivity contribution in [3.8, 4) is 0 Å². The third kappa shape index (κ3) is 10.4. The first-order valence-corrected chi connectivity index (χ1v) is 9.43. The Morgan fingerprint density at radius 2 is 1.09 bits per heavy atom. The molecule has 0 aliphatic heterocycles. The van der Waals surface area contributed by atoms with Gasteiger partial charge >= 0.3 is 11.9 Å². The van der Waals surface area contributed by atoms with Crippen molar-refractivity contribution in [2.75, 3.05) is 13.2 Å². The van der Waals surface area contributed by atoms with Crippen LogP contribution in [0.15, 0.2) is 0 Å². The van der Waals surface area contributed by atoms with Crippen LogP contribution in [-0.2, 0) is 19.1 Å². The molecule has 0 spiro atoms. The first-order chi connectivity index (χ1) is 11.1. The molecule has 0 radical (unpaired) electrons. The van der Waals surface area contributed by atoms with E-state index in [1.807, 2.05) is 13.8 Å². The smallest absolute Gasteiger partial charge is 0.308 e. The topological polar surface area (TPSA) is 52.6 Å². The predicted molar refractivity (Wildman–Crippen MR) is 93.1 cm³/mol. The van der Waals surface area contributed by atoms with Gasteiger partial charge in [-0.15, -0.1) is 0 Å². The van der Waals surface area contributed by atoms with Crippen LogP contribution in [0.5, 0.6) is 0 Å². The molecule has 4 heteroatoms. The molecule has 0 heterocycles. The normalized spacial score (nSPS) is 13.4. The minimum absolute atomic E-state index is 0.0102. The molecule has 0 rings (SSSR count). The maximum absolute atomic E-state index is 11.9. The predicted octanol–water partition coefficient (Wildman–Crippen LogP) is 4.90. The summed E-state index contributed by atoms with van der Waals surface area (Å²) in [6.45, 7) is 8.95. The fourth-order valence-corrected chi connectivity index (χ4v) is 2.52. The third-order valence-electron chi connectivity index (χ3n) is 4.24. The average Bonchev–Trinajstić information content (AvgIpc) is 2.55. The minimum atomic E-state index is -0.110. The zero-order valence-electron chi connectivity index (χ0n) is 15.6. The molecule has 136 valence electrons. The van der Waals surface area contributed by atoms with E-state index in [0.29, 0.717) is 19.6 Å². The number of rotatable bonds is 14. The minimum Gasteiger partial charge on any atom is -0.465 e. The summed E-state index contributed by atoms with van der Waals surface area (Å²) in [5.74, 6) is -0.199. The molecular weight excluding hydrogens is 292 g/mol. The van der Waals surface area contributed by atoms with Crippen LogP contribution in [0.1, 0.15) is 85.5 Å². The summed E-state index contributed by atoms with van der Waals surface area (Å²) in [5, 5.41) is 0. The van der Waals surface area contributed by atoms with Gasteiger partial charge in [0.25, 0.3) is 0 Å². The Kier molecular flexibility index (Phi) is 13.9. The van der Waals surface area contributed by atoms with Gasteiger partial charge in [-0.05, 0) is 25.7 Å². The van der Waals surface area contributed by atoms with Gasteiger partial charge in [0.05, 0.1) is 25.0 Å². The zero-order chi connectivity index (χ0) is 17.5. The summed E-state index contributed by atoms with van der Waals surface area (Å²) in [5.41, 5.74) is 0. The van der Waals surface area contributed by atoms with E-state index in [4.69, 9.17) is 9.47 Å². The van der Waals surface area contributed by atoms with E-state index < -0.39 is 0 Å². The Hall–Kier alpha value is -1.06. The third-order valence-corrected chi connectivity index (χ3v) is 4.24. The van der Waals surface area contributed by atoms with Crippen LogP contribution in [0, 0.1) is 11.8 Å². The number of ether oxygens (including phenoxy) is 2. The molecule has 0 aromatic heterocycles. The zero-order valence-corrected chi connectivity index (χ0v) is 15.6. The van der Waals surface area contributed by atoms with Crippen LogP contribution in [0.25, 0.3) is 0 Å². The monoisotopic (exact) mass is 328 g/mol. The summed E-state index contributed by atoms with van der Waals surface area (Å²) in [4.78, 5) is 23.8. The molecule has 0 saturated heterocycles. The second-order valence-corrected chi connectivity index (χ2v) is 6.18. The van der Waals surface area contributed by atoms with Gasteiger partial charge in [0.2, 0.25) is 0 Å². The Labute approximate surface area is 142 Å². The molecule has 0 bridgehead atoms. The second-order valence-electron chi connectivity index (χ2n) is 6.18. The number of carbonyl (C=O) groups excluding carboxylic acids is 2. The fraction of sp³-hybridized carbons (Fsp3) is 0.895. The molecule has 0 N–H and O–H groups in total. The highest BCUT2D eigenvalue weighted by molar-refractivity contribution is 5.72. The van der Waals surface area contributed by atoms with E-state index in [9.17, 15) is 9.59 Å². The molecule has 0 saturated carbocycles. The SMILES string of the molecule is CCCC[C@@H](CC)C(=O)OCCCOC(=O)[C@@H](CC)CCCC. The molecule has 0 amide bonds. The summed E-state index contributed by atoms with van der Waals surface area (Å²) in [6.07, 6.45) is 8.32. The van der Waals surface area contributed by atoms with Crippen molar-refractivity contribution >= 4 is 11.9 Å². The molecular formula is C19H36O4. The van der Waals surface area contributed by atoms with Gasteiger partial charge in [-0.3, -0.25) is 9.59 Å². The van der Waals surface area contributed by atoms with Crippen molar-refractivity contribution in [1.29, 1.82) is 0 Å². The summed E-state index contributed by atoms with van der Waals surface area (Å²) in [7, 11) is 0. The Morgan fingerprint density at radius 3 is 1.39 bits per heavy atom. The quantitative estimate of drug-likeness (QED) is 0.336. The van der Waals surface area contributed by atoms with Crippen LogP contribution < -0.4 is 0 Å². The van der Waals surface area contributed by atoms with E-state index in [1.54, 1.807) is 0 Å². The second kappa shape index (κ2) is 14.5. The van der Waals surface area contributed by atoms with Crippen LogP contribution >= 0.6 is 0 Å². The molecule has 0 fully saturated rings. The van der Waals surface area contributed by atoms with Gasteiger partial charge in [0.1, 0.15) is 0 Å². The lowest BCUT2D eigenvalue weighted by Gasteiger charge is -2.15. The lowest BCUT2D eigenvalue weighted by molar-refractivity contribution is -0.151. The molecule has 4 nitrogen and oxygen atoms in total. The standard InChI is InChI=1S/C19H36O4/c1-5-9-12-16(7-3)18(20)22-14-11-15-23-19(21)17(8-4)13-10-6-2/h16-17H,5-15H2,1-4H3/t16-,17+.